The summed E-state index contributed by atoms with van der Waals surface area (Å²) in [5, 5.41) is 3.87. The Bertz CT molecular complexity index is 421. The molecule has 0 saturated carbocycles. The van der Waals surface area contributed by atoms with Crippen LogP contribution in [0.3, 0.4) is 0 Å². The van der Waals surface area contributed by atoms with Crippen molar-refractivity contribution in [3.05, 3.63) is 29.8 Å². The van der Waals surface area contributed by atoms with Gasteiger partial charge in [0.25, 0.3) is 0 Å². The lowest BCUT2D eigenvalue weighted by atomic mass is 9.98. The highest BCUT2D eigenvalue weighted by Gasteiger charge is 2.24. The van der Waals surface area contributed by atoms with Crippen molar-refractivity contribution >= 4 is 0 Å². The number of likely N-dealkylation sites (tertiary alicyclic amines) is 1. The molecule has 2 aliphatic rings. The average Bonchev–Trinajstić information content (AvgIpc) is 2.64. The third-order valence-corrected chi connectivity index (χ3v) is 4.35. The van der Waals surface area contributed by atoms with Gasteiger partial charge in [-0.15, -0.1) is 0 Å². The van der Waals surface area contributed by atoms with E-state index in [2.05, 4.69) is 41.5 Å². The van der Waals surface area contributed by atoms with E-state index in [4.69, 9.17) is 4.74 Å². The lowest BCUT2D eigenvalue weighted by molar-refractivity contribution is 0.239. The average molecular weight is 260 g/mol. The zero-order chi connectivity index (χ0) is 13.1. The monoisotopic (exact) mass is 260 g/mol. The Morgan fingerprint density at radius 2 is 2.05 bits per heavy atom. The summed E-state index contributed by atoms with van der Waals surface area (Å²) in [6.07, 6.45) is 4.95. The standard InChI is InChI=1S/C16H24N2O/c1-18-10-4-5-13(8-11-18)17-15-9-12-19-16-7-3-2-6-14(15)16/h2-3,6-7,13,15,17H,4-5,8-12H2,1H3. The molecule has 2 atom stereocenters. The molecule has 2 unspecified atom stereocenters. The topological polar surface area (TPSA) is 24.5 Å². The van der Waals surface area contributed by atoms with E-state index in [-0.39, 0.29) is 0 Å². The van der Waals surface area contributed by atoms with Gasteiger partial charge >= 0.3 is 0 Å². The van der Waals surface area contributed by atoms with Crippen LogP contribution >= 0.6 is 0 Å². The van der Waals surface area contributed by atoms with Crippen LogP contribution in [0.5, 0.6) is 5.75 Å². The van der Waals surface area contributed by atoms with Crippen molar-refractivity contribution < 1.29 is 4.74 Å². The van der Waals surface area contributed by atoms with Gasteiger partial charge < -0.3 is 15.0 Å². The second kappa shape index (κ2) is 5.93. The highest BCUT2D eigenvalue weighted by Crippen LogP contribution is 2.32. The maximum atomic E-state index is 5.74. The fourth-order valence-corrected chi connectivity index (χ4v) is 3.21. The van der Waals surface area contributed by atoms with Gasteiger partial charge in [0, 0.05) is 24.1 Å². The molecule has 0 amide bonds. The van der Waals surface area contributed by atoms with Crippen LogP contribution in [-0.4, -0.2) is 37.7 Å². The SMILES string of the molecule is CN1CCCC(NC2CCOc3ccccc32)CC1. The number of hydrogen-bond donors (Lipinski definition) is 1. The number of nitrogens with zero attached hydrogens (tertiary/aromatic N) is 1. The van der Waals surface area contributed by atoms with E-state index in [0.717, 1.165) is 18.8 Å². The minimum absolute atomic E-state index is 0.471. The Labute approximate surface area is 115 Å². The predicted octanol–water partition coefficient (Wildman–Crippen LogP) is 2.58. The summed E-state index contributed by atoms with van der Waals surface area (Å²) in [5.41, 5.74) is 1.34. The number of rotatable bonds is 2. The number of nitrogens with one attached hydrogen (secondary N) is 1. The minimum atomic E-state index is 0.471. The molecule has 3 nitrogen and oxygen atoms in total. The van der Waals surface area contributed by atoms with Crippen LogP contribution < -0.4 is 10.1 Å². The molecular weight excluding hydrogens is 236 g/mol. The van der Waals surface area contributed by atoms with Gasteiger partial charge in [-0.3, -0.25) is 0 Å². The van der Waals surface area contributed by atoms with Crippen LogP contribution in [0.4, 0.5) is 0 Å². The second-order valence-electron chi connectivity index (χ2n) is 5.83. The number of benzene rings is 1. The van der Waals surface area contributed by atoms with E-state index in [0.29, 0.717) is 12.1 Å². The Kier molecular flexibility index (Phi) is 4.04. The van der Waals surface area contributed by atoms with Gasteiger partial charge in [-0.05, 0) is 45.5 Å². The summed E-state index contributed by atoms with van der Waals surface area (Å²) in [5.74, 6) is 1.07. The number of para-hydroxylation sites is 1. The fraction of sp³-hybridized carbons (Fsp3) is 0.625. The van der Waals surface area contributed by atoms with Crippen molar-refractivity contribution in [2.24, 2.45) is 0 Å². The van der Waals surface area contributed by atoms with Crippen molar-refractivity contribution in [1.82, 2.24) is 10.2 Å². The molecule has 19 heavy (non-hydrogen) atoms. The molecule has 0 bridgehead atoms. The molecule has 3 heteroatoms. The molecule has 2 heterocycles. The molecule has 0 radical (unpaired) electrons. The molecular formula is C16H24N2O. The fourth-order valence-electron chi connectivity index (χ4n) is 3.21. The smallest absolute Gasteiger partial charge is 0.124 e. The van der Waals surface area contributed by atoms with Gasteiger partial charge in [0.15, 0.2) is 0 Å². The molecule has 0 aliphatic carbocycles. The first-order chi connectivity index (χ1) is 9.33. The van der Waals surface area contributed by atoms with Crippen molar-refractivity contribution in [1.29, 1.82) is 0 Å². The van der Waals surface area contributed by atoms with Crippen LogP contribution in [0.1, 0.15) is 37.3 Å². The van der Waals surface area contributed by atoms with Crippen molar-refractivity contribution in [2.45, 2.75) is 37.8 Å². The largest absolute Gasteiger partial charge is 0.493 e. The van der Waals surface area contributed by atoms with Crippen molar-refractivity contribution in [3.63, 3.8) is 0 Å². The zero-order valence-electron chi connectivity index (χ0n) is 11.8. The molecule has 1 N–H and O–H groups in total. The number of fused-ring (bicyclic) bond motifs is 1. The van der Waals surface area contributed by atoms with Gasteiger partial charge in [0.05, 0.1) is 6.61 Å². The van der Waals surface area contributed by atoms with Crippen LogP contribution in [0.2, 0.25) is 0 Å². The molecule has 0 aromatic heterocycles. The van der Waals surface area contributed by atoms with E-state index in [9.17, 15) is 0 Å². The Morgan fingerprint density at radius 1 is 1.16 bits per heavy atom. The molecule has 3 rings (SSSR count). The van der Waals surface area contributed by atoms with Crippen LogP contribution in [0.15, 0.2) is 24.3 Å². The third-order valence-electron chi connectivity index (χ3n) is 4.35. The summed E-state index contributed by atoms with van der Waals surface area (Å²) in [7, 11) is 2.23. The molecule has 1 aromatic rings. The first-order valence-corrected chi connectivity index (χ1v) is 7.49. The Balaban J connectivity index is 1.67. The third kappa shape index (κ3) is 3.10. The summed E-state index contributed by atoms with van der Waals surface area (Å²) >= 11 is 0. The van der Waals surface area contributed by atoms with E-state index < -0.39 is 0 Å². The van der Waals surface area contributed by atoms with Crippen molar-refractivity contribution in [2.75, 3.05) is 26.7 Å². The number of hydrogen-bond acceptors (Lipinski definition) is 3. The van der Waals surface area contributed by atoms with Crippen LogP contribution in [0.25, 0.3) is 0 Å². The van der Waals surface area contributed by atoms with E-state index >= 15 is 0 Å². The molecule has 1 fully saturated rings. The molecule has 2 aliphatic heterocycles. The maximum absolute atomic E-state index is 5.74. The highest BCUT2D eigenvalue weighted by atomic mass is 16.5. The second-order valence-corrected chi connectivity index (χ2v) is 5.83. The van der Waals surface area contributed by atoms with Gasteiger partial charge in [-0.25, -0.2) is 0 Å². The first kappa shape index (κ1) is 12.9. The summed E-state index contributed by atoms with van der Waals surface area (Å²) in [4.78, 5) is 2.44. The molecule has 1 saturated heterocycles. The van der Waals surface area contributed by atoms with Gasteiger partial charge in [0.1, 0.15) is 5.75 Å². The molecule has 104 valence electrons. The Morgan fingerprint density at radius 3 is 3.00 bits per heavy atom. The van der Waals surface area contributed by atoms with E-state index in [1.165, 1.54) is 37.9 Å². The molecule has 0 spiro atoms. The lowest BCUT2D eigenvalue weighted by Gasteiger charge is -2.30. The van der Waals surface area contributed by atoms with Crippen LogP contribution in [-0.2, 0) is 0 Å². The Hall–Kier alpha value is -1.06. The van der Waals surface area contributed by atoms with Gasteiger partial charge in [0.2, 0.25) is 0 Å². The van der Waals surface area contributed by atoms with E-state index in [1.807, 2.05) is 0 Å². The number of ether oxygens (including phenoxy) is 1. The van der Waals surface area contributed by atoms with Gasteiger partial charge in [-0.1, -0.05) is 18.2 Å². The summed E-state index contributed by atoms with van der Waals surface area (Å²) in [6, 6.07) is 9.59. The van der Waals surface area contributed by atoms with Crippen molar-refractivity contribution in [3.8, 4) is 5.75 Å². The van der Waals surface area contributed by atoms with Crippen LogP contribution in [0, 0.1) is 0 Å². The lowest BCUT2D eigenvalue weighted by Crippen LogP contribution is -2.36. The highest BCUT2D eigenvalue weighted by molar-refractivity contribution is 5.37. The first-order valence-electron chi connectivity index (χ1n) is 7.49. The zero-order valence-corrected chi connectivity index (χ0v) is 11.8. The molecule has 1 aromatic carbocycles. The summed E-state index contributed by atoms with van der Waals surface area (Å²) in [6.45, 7) is 3.28. The summed E-state index contributed by atoms with van der Waals surface area (Å²) < 4.78 is 5.74. The minimum Gasteiger partial charge on any atom is -0.493 e. The normalized spacial score (nSPS) is 28.3. The van der Waals surface area contributed by atoms with Gasteiger partial charge in [-0.2, -0.15) is 0 Å². The maximum Gasteiger partial charge on any atom is 0.124 e. The van der Waals surface area contributed by atoms with E-state index in [1.54, 1.807) is 0 Å². The predicted molar refractivity (Wildman–Crippen MR) is 77.6 cm³/mol. The quantitative estimate of drug-likeness (QED) is 0.884.